The maximum Gasteiger partial charge on any atom is 0.130 e. The summed E-state index contributed by atoms with van der Waals surface area (Å²) in [6.07, 6.45) is 0. The van der Waals surface area contributed by atoms with Gasteiger partial charge in [0.2, 0.25) is 0 Å². The Morgan fingerprint density at radius 1 is 1.58 bits per heavy atom. The molecule has 0 unspecified atom stereocenters. The zero-order chi connectivity index (χ0) is 8.72. The quantitative estimate of drug-likeness (QED) is 0.605. The summed E-state index contributed by atoms with van der Waals surface area (Å²) in [4.78, 5) is 0. The van der Waals surface area contributed by atoms with Crippen LogP contribution in [-0.4, -0.2) is 11.7 Å². The van der Waals surface area contributed by atoms with Crippen LogP contribution in [0.3, 0.4) is 0 Å². The first-order valence-electron chi connectivity index (χ1n) is 3.91. The van der Waals surface area contributed by atoms with E-state index in [9.17, 15) is 5.11 Å². The highest BCUT2D eigenvalue weighted by Crippen LogP contribution is 2.37. The third kappa shape index (κ3) is 0.865. The molecule has 1 aliphatic heterocycles. The average molecular weight is 165 g/mol. The van der Waals surface area contributed by atoms with Gasteiger partial charge in [0.15, 0.2) is 0 Å². The maximum atomic E-state index is 9.35. The molecule has 0 bridgehead atoms. The van der Waals surface area contributed by atoms with E-state index in [1.54, 1.807) is 6.07 Å². The van der Waals surface area contributed by atoms with Crippen molar-refractivity contribution in [1.29, 1.82) is 0 Å². The van der Waals surface area contributed by atoms with Gasteiger partial charge in [-0.3, -0.25) is 0 Å². The highest BCUT2D eigenvalue weighted by molar-refractivity contribution is 5.51. The van der Waals surface area contributed by atoms with Gasteiger partial charge in [0.05, 0.1) is 6.04 Å². The number of hydrogen-bond donors (Lipinski definition) is 2. The SMILES string of the molecule is Cc1c(O)ccc2c1OC[C@@H]2N. The number of nitrogens with two attached hydrogens (primary N) is 1. The molecule has 0 aliphatic carbocycles. The summed E-state index contributed by atoms with van der Waals surface area (Å²) in [5.41, 5.74) is 7.53. The van der Waals surface area contributed by atoms with Crippen LogP contribution in [0.15, 0.2) is 12.1 Å². The number of aromatic hydroxyl groups is 1. The second kappa shape index (κ2) is 2.38. The number of phenolic OH excluding ortho intramolecular Hbond substituents is 1. The Bertz CT molecular complexity index is 323. The van der Waals surface area contributed by atoms with Gasteiger partial charge in [0.25, 0.3) is 0 Å². The van der Waals surface area contributed by atoms with Gasteiger partial charge in [0.1, 0.15) is 18.1 Å². The average Bonchev–Trinajstić information content (AvgIpc) is 2.41. The summed E-state index contributed by atoms with van der Waals surface area (Å²) in [6, 6.07) is 3.43. The lowest BCUT2D eigenvalue weighted by Gasteiger charge is -2.04. The standard InChI is InChI=1S/C9H11NO2/c1-5-8(11)3-2-6-7(10)4-12-9(5)6/h2-3,7,11H,4,10H2,1H3/t7-/m0/s1. The normalized spacial score (nSPS) is 20.3. The van der Waals surface area contributed by atoms with Crippen LogP contribution in [0.25, 0.3) is 0 Å². The fourth-order valence-corrected chi connectivity index (χ4v) is 1.45. The van der Waals surface area contributed by atoms with Crippen molar-refractivity contribution in [2.75, 3.05) is 6.61 Å². The fourth-order valence-electron chi connectivity index (χ4n) is 1.45. The van der Waals surface area contributed by atoms with E-state index in [1.165, 1.54) is 0 Å². The summed E-state index contributed by atoms with van der Waals surface area (Å²) < 4.78 is 5.34. The number of ether oxygens (including phenoxy) is 1. The molecule has 1 aromatic carbocycles. The Labute approximate surface area is 70.8 Å². The predicted molar refractivity (Wildman–Crippen MR) is 45.3 cm³/mol. The summed E-state index contributed by atoms with van der Waals surface area (Å²) in [7, 11) is 0. The number of benzene rings is 1. The number of fused-ring (bicyclic) bond motifs is 1. The van der Waals surface area contributed by atoms with Gasteiger partial charge in [-0.1, -0.05) is 0 Å². The van der Waals surface area contributed by atoms with Crippen LogP contribution in [0.5, 0.6) is 11.5 Å². The van der Waals surface area contributed by atoms with E-state index in [2.05, 4.69) is 0 Å². The van der Waals surface area contributed by atoms with Gasteiger partial charge in [-0.15, -0.1) is 0 Å². The molecule has 0 saturated carbocycles. The lowest BCUT2D eigenvalue weighted by Crippen LogP contribution is -2.10. The summed E-state index contributed by atoms with van der Waals surface area (Å²) in [6.45, 7) is 2.34. The van der Waals surface area contributed by atoms with Gasteiger partial charge in [-0.05, 0) is 19.1 Å². The predicted octanol–water partition coefficient (Wildman–Crippen LogP) is 1.09. The zero-order valence-corrected chi connectivity index (χ0v) is 6.87. The van der Waals surface area contributed by atoms with Crippen molar-refractivity contribution in [1.82, 2.24) is 0 Å². The topological polar surface area (TPSA) is 55.5 Å². The lowest BCUT2D eigenvalue weighted by molar-refractivity contribution is 0.329. The Balaban J connectivity index is 2.60. The first kappa shape index (κ1) is 7.43. The number of phenols is 1. The summed E-state index contributed by atoms with van der Waals surface area (Å²) in [5, 5.41) is 9.35. The Hall–Kier alpha value is -1.22. The first-order valence-corrected chi connectivity index (χ1v) is 3.91. The van der Waals surface area contributed by atoms with E-state index in [1.807, 2.05) is 13.0 Å². The fraction of sp³-hybridized carbons (Fsp3) is 0.333. The molecule has 12 heavy (non-hydrogen) atoms. The number of rotatable bonds is 0. The van der Waals surface area contributed by atoms with E-state index in [4.69, 9.17) is 10.5 Å². The Morgan fingerprint density at radius 2 is 2.33 bits per heavy atom. The molecule has 1 atom stereocenters. The van der Waals surface area contributed by atoms with Gasteiger partial charge < -0.3 is 15.6 Å². The second-order valence-electron chi connectivity index (χ2n) is 3.05. The maximum absolute atomic E-state index is 9.35. The van der Waals surface area contributed by atoms with Gasteiger partial charge in [0, 0.05) is 11.1 Å². The molecule has 1 heterocycles. The number of hydrogen-bond acceptors (Lipinski definition) is 3. The molecule has 1 aromatic rings. The van der Waals surface area contributed by atoms with Crippen molar-refractivity contribution in [3.63, 3.8) is 0 Å². The largest absolute Gasteiger partial charge is 0.508 e. The van der Waals surface area contributed by atoms with Gasteiger partial charge in [-0.2, -0.15) is 0 Å². The molecule has 3 nitrogen and oxygen atoms in total. The minimum absolute atomic E-state index is 0.0423. The first-order chi connectivity index (χ1) is 5.70. The Morgan fingerprint density at radius 3 is 3.08 bits per heavy atom. The van der Waals surface area contributed by atoms with Crippen LogP contribution in [0.2, 0.25) is 0 Å². The van der Waals surface area contributed by atoms with Crippen LogP contribution in [-0.2, 0) is 0 Å². The second-order valence-corrected chi connectivity index (χ2v) is 3.05. The van der Waals surface area contributed by atoms with E-state index >= 15 is 0 Å². The van der Waals surface area contributed by atoms with Crippen LogP contribution in [0, 0.1) is 6.92 Å². The minimum atomic E-state index is -0.0423. The van der Waals surface area contributed by atoms with Crippen molar-refractivity contribution >= 4 is 0 Å². The lowest BCUT2D eigenvalue weighted by atomic mass is 10.1. The molecule has 2 rings (SSSR count). The smallest absolute Gasteiger partial charge is 0.130 e. The molecule has 0 spiro atoms. The van der Waals surface area contributed by atoms with Crippen LogP contribution in [0.4, 0.5) is 0 Å². The van der Waals surface area contributed by atoms with E-state index in [0.717, 1.165) is 16.9 Å². The van der Waals surface area contributed by atoms with E-state index < -0.39 is 0 Å². The molecular weight excluding hydrogens is 154 g/mol. The van der Waals surface area contributed by atoms with E-state index in [-0.39, 0.29) is 11.8 Å². The molecule has 0 radical (unpaired) electrons. The van der Waals surface area contributed by atoms with Crippen molar-refractivity contribution < 1.29 is 9.84 Å². The minimum Gasteiger partial charge on any atom is -0.508 e. The van der Waals surface area contributed by atoms with E-state index in [0.29, 0.717) is 6.61 Å². The van der Waals surface area contributed by atoms with Gasteiger partial charge in [-0.25, -0.2) is 0 Å². The highest BCUT2D eigenvalue weighted by atomic mass is 16.5. The molecule has 3 N–H and O–H groups in total. The summed E-state index contributed by atoms with van der Waals surface area (Å²) >= 11 is 0. The molecule has 1 aliphatic rings. The van der Waals surface area contributed by atoms with Crippen molar-refractivity contribution in [2.45, 2.75) is 13.0 Å². The molecule has 0 aromatic heterocycles. The third-order valence-corrected chi connectivity index (χ3v) is 2.21. The Kier molecular flexibility index (Phi) is 1.48. The van der Waals surface area contributed by atoms with Crippen LogP contribution < -0.4 is 10.5 Å². The highest BCUT2D eigenvalue weighted by Gasteiger charge is 2.23. The van der Waals surface area contributed by atoms with Crippen LogP contribution >= 0.6 is 0 Å². The molecule has 0 amide bonds. The monoisotopic (exact) mass is 165 g/mol. The molecule has 64 valence electrons. The summed E-state index contributed by atoms with van der Waals surface area (Å²) in [5.74, 6) is 1.02. The van der Waals surface area contributed by atoms with Crippen LogP contribution in [0.1, 0.15) is 17.2 Å². The third-order valence-electron chi connectivity index (χ3n) is 2.21. The molecule has 0 saturated heterocycles. The molecule has 0 fully saturated rings. The molecular formula is C9H11NO2. The zero-order valence-electron chi connectivity index (χ0n) is 6.87. The van der Waals surface area contributed by atoms with Crippen molar-refractivity contribution in [3.05, 3.63) is 23.3 Å². The van der Waals surface area contributed by atoms with Crippen molar-refractivity contribution in [2.24, 2.45) is 5.73 Å². The van der Waals surface area contributed by atoms with Gasteiger partial charge >= 0.3 is 0 Å². The molecule has 3 heteroatoms. The van der Waals surface area contributed by atoms with Crippen molar-refractivity contribution in [3.8, 4) is 11.5 Å².